The van der Waals surface area contributed by atoms with Crippen LogP contribution in [0.1, 0.15) is 0 Å². The van der Waals surface area contributed by atoms with Gasteiger partial charge >= 0.3 is 0 Å². The number of benzene rings is 1. The Morgan fingerprint density at radius 3 is 2.87 bits per heavy atom. The third kappa shape index (κ3) is 1.75. The topological polar surface area (TPSA) is 53.8 Å². The summed E-state index contributed by atoms with van der Waals surface area (Å²) in [7, 11) is 1.69. The lowest BCUT2D eigenvalue weighted by molar-refractivity contribution is 0.474. The molecule has 0 amide bonds. The predicted molar refractivity (Wildman–Crippen MR) is 55.5 cm³/mol. The molecule has 0 unspecified atom stereocenters. The lowest BCUT2D eigenvalue weighted by Gasteiger charge is -2.00. The molecule has 6 heteroatoms. The normalized spacial score (nSPS) is 10.5. The van der Waals surface area contributed by atoms with Gasteiger partial charge in [-0.15, -0.1) is 0 Å². The summed E-state index contributed by atoms with van der Waals surface area (Å²) >= 11 is 4.90. The molecule has 1 aromatic carbocycles. The molecular weight excluding hydrogens is 217 g/mol. The number of halogens is 1. The molecule has 15 heavy (non-hydrogen) atoms. The van der Waals surface area contributed by atoms with Gasteiger partial charge in [0.05, 0.1) is 5.56 Å². The zero-order valence-electron chi connectivity index (χ0n) is 7.86. The second-order valence-electron chi connectivity index (χ2n) is 3.08. The van der Waals surface area contributed by atoms with Gasteiger partial charge in [-0.05, 0) is 30.4 Å². The van der Waals surface area contributed by atoms with E-state index in [0.717, 1.165) is 0 Å². The number of rotatable bonds is 1. The first-order chi connectivity index (χ1) is 7.08. The van der Waals surface area contributed by atoms with Crippen molar-refractivity contribution in [3.05, 3.63) is 28.8 Å². The molecular formula is C9H8FN3OS. The number of aryl methyl sites for hydroxylation is 1. The molecule has 0 atom stereocenters. The summed E-state index contributed by atoms with van der Waals surface area (Å²) in [5.74, 6) is -0.131. The minimum absolute atomic E-state index is 0.0410. The van der Waals surface area contributed by atoms with Crippen LogP contribution >= 0.6 is 12.2 Å². The fraction of sp³-hybridized carbons (Fsp3) is 0.111. The minimum Gasteiger partial charge on any atom is -0.507 e. The van der Waals surface area contributed by atoms with Crippen molar-refractivity contribution >= 4 is 12.2 Å². The lowest BCUT2D eigenvalue weighted by atomic mass is 10.2. The van der Waals surface area contributed by atoms with Gasteiger partial charge in [-0.2, -0.15) is 4.98 Å². The fourth-order valence-corrected chi connectivity index (χ4v) is 1.36. The molecule has 2 rings (SSSR count). The number of hydrogen-bond donors (Lipinski definition) is 2. The summed E-state index contributed by atoms with van der Waals surface area (Å²) in [5, 5.41) is 12.3. The van der Waals surface area contributed by atoms with Gasteiger partial charge in [0.2, 0.25) is 4.77 Å². The highest BCUT2D eigenvalue weighted by Crippen LogP contribution is 2.26. The Balaban J connectivity index is 2.63. The summed E-state index contributed by atoms with van der Waals surface area (Å²) in [5.41, 5.74) is 0.293. The second-order valence-corrected chi connectivity index (χ2v) is 3.44. The molecule has 78 valence electrons. The number of phenolic OH excluding ortho intramolecular Hbond substituents is 1. The number of aromatic nitrogens is 3. The Morgan fingerprint density at radius 2 is 2.27 bits per heavy atom. The molecule has 0 aliphatic heterocycles. The first-order valence-corrected chi connectivity index (χ1v) is 4.60. The highest BCUT2D eigenvalue weighted by atomic mass is 32.1. The monoisotopic (exact) mass is 225 g/mol. The Bertz CT molecular complexity index is 561. The van der Waals surface area contributed by atoms with E-state index in [0.29, 0.717) is 16.2 Å². The smallest absolute Gasteiger partial charge is 0.216 e. The van der Waals surface area contributed by atoms with Crippen molar-refractivity contribution in [2.75, 3.05) is 0 Å². The first-order valence-electron chi connectivity index (χ1n) is 4.20. The van der Waals surface area contributed by atoms with Crippen molar-refractivity contribution in [2.24, 2.45) is 7.05 Å². The Kier molecular flexibility index (Phi) is 2.28. The molecule has 2 N–H and O–H groups in total. The fourth-order valence-electron chi connectivity index (χ4n) is 1.22. The van der Waals surface area contributed by atoms with Gasteiger partial charge in [0.15, 0.2) is 5.82 Å². The van der Waals surface area contributed by atoms with Crippen molar-refractivity contribution in [1.82, 2.24) is 14.8 Å². The molecule has 0 saturated carbocycles. The van der Waals surface area contributed by atoms with E-state index in [2.05, 4.69) is 10.1 Å². The van der Waals surface area contributed by atoms with Crippen molar-refractivity contribution in [1.29, 1.82) is 0 Å². The summed E-state index contributed by atoms with van der Waals surface area (Å²) in [6, 6.07) is 3.65. The van der Waals surface area contributed by atoms with Crippen molar-refractivity contribution < 1.29 is 9.50 Å². The van der Waals surface area contributed by atoms with Crippen molar-refractivity contribution in [3.8, 4) is 17.1 Å². The highest BCUT2D eigenvalue weighted by Gasteiger charge is 2.09. The van der Waals surface area contributed by atoms with E-state index in [1.807, 2.05) is 0 Å². The third-order valence-corrected chi connectivity index (χ3v) is 2.35. The van der Waals surface area contributed by atoms with Gasteiger partial charge in [0.25, 0.3) is 0 Å². The SMILES string of the molecule is Cn1[nH]c(-c2cc(F)ccc2O)nc1=S. The van der Waals surface area contributed by atoms with E-state index < -0.39 is 5.82 Å². The number of aromatic amines is 1. The van der Waals surface area contributed by atoms with Gasteiger partial charge in [-0.25, -0.2) is 4.39 Å². The van der Waals surface area contributed by atoms with E-state index in [1.165, 1.54) is 22.9 Å². The predicted octanol–water partition coefficient (Wildman–Crippen LogP) is 1.99. The number of nitrogens with zero attached hydrogens (tertiary/aromatic N) is 2. The van der Waals surface area contributed by atoms with Gasteiger partial charge in [-0.3, -0.25) is 9.78 Å². The summed E-state index contributed by atoms with van der Waals surface area (Å²) in [6.45, 7) is 0. The van der Waals surface area contributed by atoms with Crippen LogP contribution in [0.5, 0.6) is 5.75 Å². The number of phenols is 1. The standard InChI is InChI=1S/C9H8FN3OS/c1-13-9(15)11-8(12-13)6-4-5(10)2-3-7(6)14/h2-4,14H,1H3,(H,11,12,15). The number of nitrogens with one attached hydrogen (secondary N) is 1. The van der Waals surface area contributed by atoms with Gasteiger partial charge in [0.1, 0.15) is 11.6 Å². The highest BCUT2D eigenvalue weighted by molar-refractivity contribution is 7.71. The number of hydrogen-bond acceptors (Lipinski definition) is 3. The maximum Gasteiger partial charge on any atom is 0.216 e. The van der Waals surface area contributed by atoms with Crippen LogP contribution < -0.4 is 0 Å². The molecule has 0 saturated heterocycles. The molecule has 0 spiro atoms. The van der Waals surface area contributed by atoms with Gasteiger partial charge in [-0.1, -0.05) is 0 Å². The quantitative estimate of drug-likeness (QED) is 0.730. The van der Waals surface area contributed by atoms with Crippen LogP contribution in [0.25, 0.3) is 11.4 Å². The van der Waals surface area contributed by atoms with Gasteiger partial charge in [0, 0.05) is 7.05 Å². The molecule has 1 aromatic heterocycles. The van der Waals surface area contributed by atoms with Crippen LogP contribution in [-0.2, 0) is 7.05 Å². The molecule has 0 bridgehead atoms. The van der Waals surface area contributed by atoms with Crippen LogP contribution in [0.15, 0.2) is 18.2 Å². The summed E-state index contributed by atoms with van der Waals surface area (Å²) in [4.78, 5) is 3.98. The van der Waals surface area contributed by atoms with Crippen LogP contribution in [-0.4, -0.2) is 19.9 Å². The molecule has 0 radical (unpaired) electrons. The van der Waals surface area contributed by atoms with E-state index >= 15 is 0 Å². The average Bonchev–Trinajstić information content (AvgIpc) is 2.51. The van der Waals surface area contributed by atoms with E-state index in [4.69, 9.17) is 12.2 Å². The Labute approximate surface area is 90.0 Å². The number of aromatic hydroxyl groups is 1. The molecule has 0 aliphatic carbocycles. The zero-order chi connectivity index (χ0) is 11.0. The molecule has 0 aliphatic rings. The summed E-state index contributed by atoms with van der Waals surface area (Å²) < 4.78 is 14.8. The third-order valence-electron chi connectivity index (χ3n) is 1.98. The van der Waals surface area contributed by atoms with Gasteiger partial charge < -0.3 is 5.11 Å². The van der Waals surface area contributed by atoms with Crippen LogP contribution in [0.4, 0.5) is 4.39 Å². The van der Waals surface area contributed by atoms with Crippen molar-refractivity contribution in [3.63, 3.8) is 0 Å². The lowest BCUT2D eigenvalue weighted by Crippen LogP contribution is -1.90. The molecule has 2 aromatic rings. The largest absolute Gasteiger partial charge is 0.507 e. The van der Waals surface area contributed by atoms with Crippen LogP contribution in [0, 0.1) is 10.6 Å². The average molecular weight is 225 g/mol. The molecule has 0 fully saturated rings. The molecule has 1 heterocycles. The molecule has 4 nitrogen and oxygen atoms in total. The van der Waals surface area contributed by atoms with E-state index in [1.54, 1.807) is 7.05 Å². The first kappa shape index (κ1) is 9.85. The van der Waals surface area contributed by atoms with E-state index in [-0.39, 0.29) is 5.75 Å². The second kappa shape index (κ2) is 3.47. The Morgan fingerprint density at radius 1 is 1.53 bits per heavy atom. The maximum absolute atomic E-state index is 13.0. The maximum atomic E-state index is 13.0. The number of H-pyrrole nitrogens is 1. The van der Waals surface area contributed by atoms with Crippen molar-refractivity contribution in [2.45, 2.75) is 0 Å². The van der Waals surface area contributed by atoms with E-state index in [9.17, 15) is 9.50 Å². The zero-order valence-corrected chi connectivity index (χ0v) is 8.68. The minimum atomic E-state index is -0.437. The summed E-state index contributed by atoms with van der Waals surface area (Å²) in [6.07, 6.45) is 0. The Hall–Kier alpha value is -1.69. The van der Waals surface area contributed by atoms with Crippen LogP contribution in [0.2, 0.25) is 0 Å². The van der Waals surface area contributed by atoms with Crippen LogP contribution in [0.3, 0.4) is 0 Å².